The lowest BCUT2D eigenvalue weighted by molar-refractivity contribution is 0.420. The van der Waals surface area contributed by atoms with Crippen LogP contribution in [0.3, 0.4) is 0 Å². The van der Waals surface area contributed by atoms with Crippen LogP contribution in [-0.4, -0.2) is 36.4 Å². The van der Waals surface area contributed by atoms with E-state index in [1.165, 1.54) is 98.8 Å². The van der Waals surface area contributed by atoms with Crippen molar-refractivity contribution in [2.45, 2.75) is 41.5 Å². The minimum Gasteiger partial charge on any atom is -0.505 e. The molecule has 0 saturated carbocycles. The molecule has 0 bridgehead atoms. The quantitative estimate of drug-likeness (QED) is 0.0932. The molecule has 0 spiro atoms. The van der Waals surface area contributed by atoms with Crippen molar-refractivity contribution in [1.82, 2.24) is 0 Å². The molecule has 0 aliphatic rings. The number of rotatable bonds is 4. The van der Waals surface area contributed by atoms with Gasteiger partial charge in [-0.25, -0.2) is 57.1 Å². The number of phenolic OH excluding ortho intramolecular Hbond substituents is 1. The number of aryl methyl sites for hydroxylation is 6. The van der Waals surface area contributed by atoms with Crippen LogP contribution in [-0.2, 0) is 0 Å². The molecule has 0 aliphatic heterocycles. The van der Waals surface area contributed by atoms with Gasteiger partial charge in [-0.1, -0.05) is 123 Å². The van der Waals surface area contributed by atoms with Crippen molar-refractivity contribution in [3.05, 3.63) is 270 Å². The maximum Gasteiger partial charge on any atom is 0.491 e. The number of hydrogen-bond donors (Lipinski definition) is 3. The van der Waals surface area contributed by atoms with Crippen LogP contribution < -0.4 is 5.46 Å². The molecule has 0 amide bonds. The van der Waals surface area contributed by atoms with Gasteiger partial charge in [-0.05, 0) is 152 Å². The lowest BCUT2D eigenvalue weighted by Gasteiger charge is -2.07. The highest BCUT2D eigenvalue weighted by Crippen LogP contribution is 2.30. The van der Waals surface area contributed by atoms with Gasteiger partial charge >= 0.3 is 7.12 Å². The summed E-state index contributed by atoms with van der Waals surface area (Å²) < 4.78 is 172. The van der Waals surface area contributed by atoms with Gasteiger partial charge in [-0.3, -0.25) is 0 Å². The van der Waals surface area contributed by atoms with Gasteiger partial charge in [0.25, 0.3) is 0 Å². The largest absolute Gasteiger partial charge is 0.505 e. The molecule has 0 atom stereocenters. The van der Waals surface area contributed by atoms with Gasteiger partial charge in [-0.15, -0.1) is 0 Å². The molecule has 0 radical (unpaired) electrons. The first kappa shape index (κ1) is 69.7. The van der Waals surface area contributed by atoms with Crippen LogP contribution in [0.2, 0.25) is 0 Å². The number of halogens is 15. The van der Waals surface area contributed by atoms with Crippen molar-refractivity contribution in [1.29, 1.82) is 0 Å². The smallest absolute Gasteiger partial charge is 0.491 e. The van der Waals surface area contributed by atoms with Crippen LogP contribution in [0.5, 0.6) is 5.75 Å². The summed E-state index contributed by atoms with van der Waals surface area (Å²) in [5.74, 6) is -10.2. The Hall–Kier alpha value is -7.59. The predicted octanol–water partition coefficient (Wildman–Crippen LogP) is 18.4. The second-order valence-electron chi connectivity index (χ2n) is 17.5. The van der Waals surface area contributed by atoms with E-state index in [1.807, 2.05) is 6.07 Å². The summed E-state index contributed by atoms with van der Waals surface area (Å²) in [5.41, 5.74) is 3.34. The number of hydrogen-bond acceptors (Lipinski definition) is 5. The summed E-state index contributed by atoms with van der Waals surface area (Å²) in [6, 6.07) is 35.0. The van der Waals surface area contributed by atoms with Gasteiger partial charge in [0.2, 0.25) is 0 Å². The molecule has 0 saturated heterocycles. The van der Waals surface area contributed by atoms with Crippen molar-refractivity contribution in [2.75, 3.05) is 14.1 Å². The monoisotopic (exact) mass is 1290 g/mol. The lowest BCUT2D eigenvalue weighted by Crippen LogP contribution is -2.33. The van der Waals surface area contributed by atoms with E-state index in [4.69, 9.17) is 15.2 Å². The fraction of sp³-hybridized carbons (Fsp3) is 0.129. The predicted molar refractivity (Wildman–Crippen MR) is 306 cm³/mol. The highest BCUT2D eigenvalue weighted by atomic mass is 79.9. The van der Waals surface area contributed by atoms with Gasteiger partial charge in [0.15, 0.2) is 58.1 Å². The van der Waals surface area contributed by atoms with Crippen LogP contribution in [0.4, 0.5) is 57.1 Å². The molecule has 0 unspecified atom stereocenters. The van der Waals surface area contributed by atoms with Crippen LogP contribution in [0.25, 0.3) is 33.4 Å². The second kappa shape index (κ2) is 33.5. The van der Waals surface area contributed by atoms with E-state index in [9.17, 15) is 57.1 Å². The average molecular weight is 1290 g/mol. The average Bonchev–Trinajstić information content (AvgIpc) is 3.63. The Morgan fingerprint density at radius 1 is 0.325 bits per heavy atom. The summed E-state index contributed by atoms with van der Waals surface area (Å²) in [4.78, 5) is 0. The first-order valence-electron chi connectivity index (χ1n) is 24.2. The topological polar surface area (TPSA) is 85.4 Å². The highest BCUT2D eigenvalue weighted by molar-refractivity contribution is 9.10. The minimum atomic E-state index is -1.97. The van der Waals surface area contributed by atoms with Crippen LogP contribution in [0, 0.1) is 117 Å². The molecule has 9 aromatic rings. The Morgan fingerprint density at radius 2 is 0.651 bits per heavy atom. The first-order chi connectivity index (χ1) is 39.0. The molecular formula is C62H52BBr2F13N2O3. The summed E-state index contributed by atoms with van der Waals surface area (Å²) in [6.45, 7) is 9.55. The molecule has 436 valence electrons. The van der Waals surface area contributed by atoms with E-state index in [2.05, 4.69) is 42.1 Å². The summed E-state index contributed by atoms with van der Waals surface area (Å²) in [7, 11) is 1.31. The fourth-order valence-electron chi connectivity index (χ4n) is 6.51. The molecule has 3 N–H and O–H groups in total. The molecule has 83 heavy (non-hydrogen) atoms. The Kier molecular flexibility index (Phi) is 28.1. The number of benzene rings is 9. The third-order valence-electron chi connectivity index (χ3n) is 11.5. The normalized spacial score (nSPS) is 10.2. The van der Waals surface area contributed by atoms with E-state index >= 15 is 0 Å². The van der Waals surface area contributed by atoms with Gasteiger partial charge in [0.1, 0.15) is 23.3 Å². The summed E-state index contributed by atoms with van der Waals surface area (Å²) >= 11 is 6.20. The van der Waals surface area contributed by atoms with Crippen molar-refractivity contribution in [3.63, 3.8) is 0 Å². The van der Waals surface area contributed by atoms with Gasteiger partial charge < -0.3 is 15.2 Å². The van der Waals surface area contributed by atoms with Crippen molar-refractivity contribution in [2.24, 2.45) is 10.2 Å². The molecule has 9 aromatic carbocycles. The van der Waals surface area contributed by atoms with E-state index in [0.29, 0.717) is 43.4 Å². The van der Waals surface area contributed by atoms with E-state index in [0.717, 1.165) is 22.7 Å². The Bertz CT molecular complexity index is 3510. The third kappa shape index (κ3) is 21.0. The van der Waals surface area contributed by atoms with Crippen molar-refractivity contribution >= 4 is 44.4 Å². The summed E-state index contributed by atoms with van der Waals surface area (Å²) in [5, 5.41) is 32.3. The van der Waals surface area contributed by atoms with Crippen molar-refractivity contribution in [3.8, 4) is 39.1 Å². The van der Waals surface area contributed by atoms with Gasteiger partial charge in [0.05, 0.1) is 0 Å². The third-order valence-corrected chi connectivity index (χ3v) is 12.4. The van der Waals surface area contributed by atoms with E-state index in [1.54, 1.807) is 84.3 Å². The van der Waals surface area contributed by atoms with E-state index < -0.39 is 82.4 Å². The highest BCUT2D eigenvalue weighted by Gasteiger charge is 2.19. The maximum absolute atomic E-state index is 13.7. The number of azo groups is 1. The Morgan fingerprint density at radius 3 is 0.976 bits per heavy atom. The zero-order valence-corrected chi connectivity index (χ0v) is 48.6. The standard InChI is InChI=1S/2C14H11F3.C13H9F3.C7H6BrF.C6H5BF2O2.C6H4BrFO.C2H6N2/c2*1-8-3-5-10(7-12(8)15)11-6-4-9(2)13(16)14(11)17;1-8-5-6-9(7-12(8)15)10-3-2-4-11(14)13(10)16;1-5-2-3-6(8)4-7(5)9;8-5-3-1-2-4(6(5)9)7(10)11;7-4-1-2-6(9)5(8)3-4;1-3-4-2/h2*3-7H,1-2H3;2-7H,1H3;2-4H,1H3;1-3,10-11H;1-3,9H;1-2H3. The SMILES string of the molecule is CN=NC.Cc1ccc(-c2ccc(C)c(F)c2F)cc1F.Cc1ccc(-c2ccc(C)c(F)c2F)cc1F.Cc1ccc(-c2cccc(F)c2F)cc1F.Cc1ccc(Br)cc1F.OB(O)c1cccc(F)c1F.Oc1ccc(Br)cc1F. The summed E-state index contributed by atoms with van der Waals surface area (Å²) in [6.07, 6.45) is 0. The molecule has 9 rings (SSSR count). The number of nitrogens with zero attached hydrogens (tertiary/aromatic N) is 2. The molecular weight excluding hydrogens is 1240 g/mol. The van der Waals surface area contributed by atoms with E-state index in [-0.39, 0.29) is 39.4 Å². The molecule has 0 heterocycles. The van der Waals surface area contributed by atoms with Gasteiger partial charge in [-0.2, -0.15) is 10.2 Å². The molecule has 0 aromatic heterocycles. The molecule has 5 nitrogen and oxygen atoms in total. The zero-order chi connectivity index (χ0) is 62.4. The molecule has 0 aliphatic carbocycles. The zero-order valence-electron chi connectivity index (χ0n) is 45.4. The van der Waals surface area contributed by atoms with Crippen molar-refractivity contribution < 1.29 is 72.2 Å². The Labute approximate surface area is 488 Å². The maximum atomic E-state index is 13.7. The second-order valence-corrected chi connectivity index (χ2v) is 19.3. The fourth-order valence-corrected chi connectivity index (χ4v) is 7.18. The van der Waals surface area contributed by atoms with Crippen LogP contribution in [0.1, 0.15) is 33.4 Å². The molecule has 0 fully saturated rings. The van der Waals surface area contributed by atoms with Crippen LogP contribution >= 0.6 is 31.9 Å². The number of phenols is 1. The van der Waals surface area contributed by atoms with Gasteiger partial charge in [0, 0.05) is 45.2 Å². The minimum absolute atomic E-state index is 0.0684. The Balaban J connectivity index is 0.000000262. The molecule has 21 heteroatoms. The number of aromatic hydroxyl groups is 1. The first-order valence-corrected chi connectivity index (χ1v) is 25.8. The lowest BCUT2D eigenvalue weighted by atomic mass is 9.80. The van der Waals surface area contributed by atoms with Crippen LogP contribution in [0.15, 0.2) is 171 Å².